The molecule has 6 heteroatoms. The molecular formula is C20H24N2O3S. The minimum atomic E-state index is -3.76. The molecule has 2 aromatic carbocycles. The summed E-state index contributed by atoms with van der Waals surface area (Å²) in [7, 11) is -3.76. The van der Waals surface area contributed by atoms with Gasteiger partial charge >= 0.3 is 0 Å². The van der Waals surface area contributed by atoms with Crippen LogP contribution in [0.25, 0.3) is 0 Å². The smallest absolute Gasteiger partial charge is 0.265 e. The lowest BCUT2D eigenvalue weighted by atomic mass is 10.0. The summed E-state index contributed by atoms with van der Waals surface area (Å²) in [6, 6.07) is 14.2. The fourth-order valence-electron chi connectivity index (χ4n) is 3.01. The number of hydroxylamine groups is 1. The lowest BCUT2D eigenvalue weighted by Gasteiger charge is -2.30. The van der Waals surface area contributed by atoms with E-state index in [1.54, 1.807) is 45.0 Å². The molecule has 1 aliphatic rings. The number of benzene rings is 2. The summed E-state index contributed by atoms with van der Waals surface area (Å²) in [5.41, 5.74) is 1.52. The lowest BCUT2D eigenvalue weighted by molar-refractivity contribution is -0.530. The Morgan fingerprint density at radius 1 is 1.08 bits per heavy atom. The van der Waals surface area contributed by atoms with Crippen molar-refractivity contribution in [2.24, 2.45) is 0 Å². The zero-order valence-corrected chi connectivity index (χ0v) is 16.2. The van der Waals surface area contributed by atoms with Gasteiger partial charge in [0.1, 0.15) is 4.90 Å². The molecule has 0 amide bonds. The minimum absolute atomic E-state index is 0.154. The highest BCUT2D eigenvalue weighted by Gasteiger charge is 2.31. The predicted octanol–water partition coefficient (Wildman–Crippen LogP) is 3.56. The van der Waals surface area contributed by atoms with Crippen LogP contribution in [0.4, 0.5) is 5.69 Å². The molecule has 3 rings (SSSR count). The maximum absolute atomic E-state index is 13.4. The van der Waals surface area contributed by atoms with E-state index < -0.39 is 15.6 Å². The summed E-state index contributed by atoms with van der Waals surface area (Å²) in [5, 5.41) is 12.3. The number of fused-ring (bicyclic) bond motifs is 1. The monoisotopic (exact) mass is 372 g/mol. The van der Waals surface area contributed by atoms with Gasteiger partial charge in [-0.05, 0) is 36.6 Å². The average Bonchev–Trinajstić information content (AvgIpc) is 2.60. The highest BCUT2D eigenvalue weighted by atomic mass is 32.2. The van der Waals surface area contributed by atoms with Crippen LogP contribution >= 0.6 is 0 Å². The topological polar surface area (TPSA) is 63.5 Å². The van der Waals surface area contributed by atoms with Crippen molar-refractivity contribution in [3.8, 4) is 0 Å². The standard InChI is InChI=1S/C20H24N2O3S/c1-20(2,3)22(23)15-17-10-5-7-13-19(17)26(24,25)21-14-8-11-16-9-4-6-12-18(16)21/h4-7,9-10,12-13,15H,8,11,14H2,1-3H3/b22-15-. The predicted molar refractivity (Wildman–Crippen MR) is 104 cm³/mol. The summed E-state index contributed by atoms with van der Waals surface area (Å²) < 4.78 is 29.0. The quantitative estimate of drug-likeness (QED) is 0.358. The Morgan fingerprint density at radius 2 is 1.73 bits per heavy atom. The van der Waals surface area contributed by atoms with Gasteiger partial charge in [0.25, 0.3) is 10.0 Å². The molecular weight excluding hydrogens is 348 g/mol. The normalized spacial score (nSPS) is 15.7. The van der Waals surface area contributed by atoms with Crippen LogP contribution in [0.1, 0.15) is 38.3 Å². The van der Waals surface area contributed by atoms with Gasteiger partial charge in [0.15, 0.2) is 11.8 Å². The highest BCUT2D eigenvalue weighted by Crippen LogP contribution is 2.32. The maximum atomic E-state index is 13.4. The summed E-state index contributed by atoms with van der Waals surface area (Å²) in [4.78, 5) is 0.154. The molecule has 0 bridgehead atoms. The maximum Gasteiger partial charge on any atom is 0.265 e. The van der Waals surface area contributed by atoms with Crippen molar-refractivity contribution in [3.05, 3.63) is 64.9 Å². The molecule has 5 nitrogen and oxygen atoms in total. The van der Waals surface area contributed by atoms with E-state index >= 15 is 0 Å². The fraction of sp³-hybridized carbons (Fsp3) is 0.350. The van der Waals surface area contributed by atoms with Crippen molar-refractivity contribution in [1.29, 1.82) is 0 Å². The van der Waals surface area contributed by atoms with Crippen molar-refractivity contribution in [3.63, 3.8) is 0 Å². The molecule has 138 valence electrons. The van der Waals surface area contributed by atoms with Crippen molar-refractivity contribution in [1.82, 2.24) is 0 Å². The van der Waals surface area contributed by atoms with E-state index in [2.05, 4.69) is 0 Å². The van der Waals surface area contributed by atoms with Gasteiger partial charge in [-0.15, -0.1) is 0 Å². The number of hydrogen-bond donors (Lipinski definition) is 0. The Bertz CT molecular complexity index is 944. The van der Waals surface area contributed by atoms with Gasteiger partial charge in [0.05, 0.1) is 11.3 Å². The largest absolute Gasteiger partial charge is 0.623 e. The molecule has 0 unspecified atom stereocenters. The minimum Gasteiger partial charge on any atom is -0.623 e. The van der Waals surface area contributed by atoms with Crippen molar-refractivity contribution < 1.29 is 13.2 Å². The van der Waals surface area contributed by atoms with E-state index in [0.29, 0.717) is 12.1 Å². The molecule has 0 N–H and O–H groups in total. The van der Waals surface area contributed by atoms with E-state index in [1.807, 2.05) is 24.3 Å². The second-order valence-corrected chi connectivity index (χ2v) is 9.30. The molecule has 1 aliphatic heterocycles. The van der Waals surface area contributed by atoms with Crippen LogP contribution in [0.3, 0.4) is 0 Å². The molecule has 0 saturated heterocycles. The second-order valence-electron chi connectivity index (χ2n) is 7.47. The number of para-hydroxylation sites is 1. The summed E-state index contributed by atoms with van der Waals surface area (Å²) in [5.74, 6) is 0. The van der Waals surface area contributed by atoms with E-state index in [-0.39, 0.29) is 4.90 Å². The van der Waals surface area contributed by atoms with Crippen molar-refractivity contribution >= 4 is 21.9 Å². The number of sulfonamides is 1. The van der Waals surface area contributed by atoms with E-state index in [9.17, 15) is 13.6 Å². The van der Waals surface area contributed by atoms with Crippen LogP contribution in [0.5, 0.6) is 0 Å². The summed E-state index contributed by atoms with van der Waals surface area (Å²) in [6.45, 7) is 5.80. The Hall–Kier alpha value is -2.34. The molecule has 2 aromatic rings. The number of nitrogens with zero attached hydrogens (tertiary/aromatic N) is 2. The third kappa shape index (κ3) is 3.46. The van der Waals surface area contributed by atoms with E-state index in [4.69, 9.17) is 0 Å². The van der Waals surface area contributed by atoms with Gasteiger partial charge in [0, 0.05) is 27.3 Å². The average molecular weight is 372 g/mol. The van der Waals surface area contributed by atoms with Crippen molar-refractivity contribution in [2.45, 2.75) is 44.0 Å². The molecule has 0 fully saturated rings. The van der Waals surface area contributed by atoms with Crippen LogP contribution in [0, 0.1) is 5.21 Å². The third-order valence-electron chi connectivity index (χ3n) is 4.47. The highest BCUT2D eigenvalue weighted by molar-refractivity contribution is 7.93. The van der Waals surface area contributed by atoms with Gasteiger partial charge < -0.3 is 5.21 Å². The summed E-state index contributed by atoms with van der Waals surface area (Å²) >= 11 is 0. The van der Waals surface area contributed by atoms with Crippen LogP contribution in [0.15, 0.2) is 53.4 Å². The molecule has 0 spiro atoms. The second kappa shape index (κ2) is 6.76. The number of rotatable bonds is 3. The Balaban J connectivity index is 2.11. The van der Waals surface area contributed by atoms with Gasteiger partial charge in [-0.3, -0.25) is 4.31 Å². The Morgan fingerprint density at radius 3 is 2.46 bits per heavy atom. The van der Waals surface area contributed by atoms with E-state index in [1.165, 1.54) is 10.5 Å². The van der Waals surface area contributed by atoms with Gasteiger partial charge in [-0.25, -0.2) is 13.2 Å². The number of hydrogen-bond acceptors (Lipinski definition) is 3. The first kappa shape index (κ1) is 18.5. The number of anilines is 1. The van der Waals surface area contributed by atoms with Crippen LogP contribution < -0.4 is 4.31 Å². The SMILES string of the molecule is CC(C)(C)/[N+]([O-])=C/c1ccccc1S(=O)(=O)N1CCCc2ccccc21. The molecule has 0 aromatic heterocycles. The van der Waals surface area contributed by atoms with Crippen LogP contribution in [-0.4, -0.2) is 31.5 Å². The first-order chi connectivity index (χ1) is 12.2. The zero-order chi connectivity index (χ0) is 18.9. The van der Waals surface area contributed by atoms with Gasteiger partial charge in [0.2, 0.25) is 0 Å². The van der Waals surface area contributed by atoms with Gasteiger partial charge in [-0.2, -0.15) is 0 Å². The summed E-state index contributed by atoms with van der Waals surface area (Å²) in [6.07, 6.45) is 3.01. The molecule has 1 heterocycles. The molecule has 26 heavy (non-hydrogen) atoms. The zero-order valence-electron chi connectivity index (χ0n) is 15.3. The molecule has 0 saturated carbocycles. The van der Waals surface area contributed by atoms with Crippen LogP contribution in [0.2, 0.25) is 0 Å². The molecule has 0 radical (unpaired) electrons. The van der Waals surface area contributed by atoms with Gasteiger partial charge in [-0.1, -0.05) is 30.3 Å². The Kier molecular flexibility index (Phi) is 4.80. The number of aryl methyl sites for hydroxylation is 1. The molecule has 0 aliphatic carbocycles. The van der Waals surface area contributed by atoms with Crippen LogP contribution in [-0.2, 0) is 16.4 Å². The molecule has 0 atom stereocenters. The third-order valence-corrected chi connectivity index (χ3v) is 6.36. The Labute approximate surface area is 155 Å². The van der Waals surface area contributed by atoms with Crippen molar-refractivity contribution in [2.75, 3.05) is 10.8 Å². The first-order valence-electron chi connectivity index (χ1n) is 8.72. The first-order valence-corrected chi connectivity index (χ1v) is 10.2. The lowest BCUT2D eigenvalue weighted by Crippen LogP contribution is -2.36. The van der Waals surface area contributed by atoms with E-state index in [0.717, 1.165) is 28.8 Å². The fourth-order valence-corrected chi connectivity index (χ4v) is 4.72.